The van der Waals surface area contributed by atoms with Crippen molar-refractivity contribution < 1.29 is 13.9 Å². The molecule has 0 fully saturated rings. The van der Waals surface area contributed by atoms with Gasteiger partial charge in [0.15, 0.2) is 6.10 Å². The Labute approximate surface area is 128 Å². The summed E-state index contributed by atoms with van der Waals surface area (Å²) in [7, 11) is 0. The summed E-state index contributed by atoms with van der Waals surface area (Å²) in [5, 5.41) is 0. The van der Waals surface area contributed by atoms with Gasteiger partial charge in [0.1, 0.15) is 11.6 Å². The zero-order valence-corrected chi connectivity index (χ0v) is 12.1. The number of ether oxygens (including phenoxy) is 1. The second-order valence-corrected chi connectivity index (χ2v) is 5.76. The van der Waals surface area contributed by atoms with Crippen LogP contribution in [0.5, 0.6) is 5.75 Å². The summed E-state index contributed by atoms with van der Waals surface area (Å²) in [6.07, 6.45) is 1.66. The lowest BCUT2D eigenvalue weighted by molar-refractivity contribution is -0.124. The normalized spacial score (nSPS) is 19.3. The van der Waals surface area contributed by atoms with E-state index in [9.17, 15) is 9.18 Å². The van der Waals surface area contributed by atoms with Gasteiger partial charge in [0.2, 0.25) is 0 Å². The fourth-order valence-electron chi connectivity index (χ4n) is 3.32. The molecule has 0 N–H and O–H groups in total. The number of nitrogens with zero attached hydrogens (tertiary/aromatic N) is 1. The van der Waals surface area contributed by atoms with Crippen molar-refractivity contribution in [2.45, 2.75) is 25.4 Å². The molecule has 2 heterocycles. The van der Waals surface area contributed by atoms with E-state index < -0.39 is 6.10 Å². The fourth-order valence-corrected chi connectivity index (χ4v) is 3.32. The third kappa shape index (κ3) is 2.06. The van der Waals surface area contributed by atoms with Crippen LogP contribution >= 0.6 is 0 Å². The van der Waals surface area contributed by atoms with Gasteiger partial charge in [-0.05, 0) is 36.1 Å². The zero-order chi connectivity index (χ0) is 15.1. The van der Waals surface area contributed by atoms with Crippen molar-refractivity contribution in [2.24, 2.45) is 0 Å². The van der Waals surface area contributed by atoms with E-state index in [-0.39, 0.29) is 11.7 Å². The SMILES string of the molecule is O=C([C@@H]1Cc2ccccc2O1)N1CCCc2cccc(F)c21. The van der Waals surface area contributed by atoms with E-state index in [4.69, 9.17) is 4.74 Å². The molecule has 1 amide bonds. The van der Waals surface area contributed by atoms with Crippen molar-refractivity contribution >= 4 is 11.6 Å². The first-order chi connectivity index (χ1) is 10.7. The predicted molar refractivity (Wildman–Crippen MR) is 81.6 cm³/mol. The molecule has 0 radical (unpaired) electrons. The molecule has 0 saturated carbocycles. The molecule has 22 heavy (non-hydrogen) atoms. The maximum Gasteiger partial charge on any atom is 0.268 e. The Kier molecular flexibility index (Phi) is 3.10. The Balaban J connectivity index is 1.64. The van der Waals surface area contributed by atoms with Gasteiger partial charge in [0, 0.05) is 13.0 Å². The third-order valence-corrected chi connectivity index (χ3v) is 4.36. The van der Waals surface area contributed by atoms with Crippen LogP contribution in [0.15, 0.2) is 42.5 Å². The number of carbonyl (C=O) groups excluding carboxylic acids is 1. The average Bonchev–Trinajstić information content (AvgIpc) is 2.98. The van der Waals surface area contributed by atoms with Crippen molar-refractivity contribution in [1.82, 2.24) is 0 Å². The van der Waals surface area contributed by atoms with E-state index in [1.54, 1.807) is 11.0 Å². The van der Waals surface area contributed by atoms with Crippen LogP contribution in [0.2, 0.25) is 0 Å². The molecule has 3 nitrogen and oxygen atoms in total. The molecular formula is C18H16FNO2. The third-order valence-electron chi connectivity index (χ3n) is 4.36. The van der Waals surface area contributed by atoms with Crippen LogP contribution in [-0.4, -0.2) is 18.6 Å². The second-order valence-electron chi connectivity index (χ2n) is 5.76. The van der Waals surface area contributed by atoms with E-state index >= 15 is 0 Å². The molecule has 2 aliphatic heterocycles. The van der Waals surface area contributed by atoms with Gasteiger partial charge in [0.05, 0.1) is 5.69 Å². The summed E-state index contributed by atoms with van der Waals surface area (Å²) in [5.74, 6) is 0.273. The molecule has 4 heteroatoms. The van der Waals surface area contributed by atoms with E-state index in [2.05, 4.69) is 0 Å². The molecule has 2 aromatic rings. The lowest BCUT2D eigenvalue weighted by Crippen LogP contribution is -2.44. The van der Waals surface area contributed by atoms with E-state index in [1.165, 1.54) is 6.07 Å². The molecule has 1 atom stereocenters. The number of aryl methyl sites for hydroxylation is 1. The molecule has 0 aromatic heterocycles. The smallest absolute Gasteiger partial charge is 0.268 e. The van der Waals surface area contributed by atoms with Crippen LogP contribution < -0.4 is 9.64 Å². The van der Waals surface area contributed by atoms with Crippen LogP contribution in [0.1, 0.15) is 17.5 Å². The molecule has 112 valence electrons. The lowest BCUT2D eigenvalue weighted by atomic mass is 10.00. The number of rotatable bonds is 1. The highest BCUT2D eigenvalue weighted by Gasteiger charge is 2.35. The van der Waals surface area contributed by atoms with Crippen molar-refractivity contribution in [1.29, 1.82) is 0 Å². The Bertz CT molecular complexity index is 719. The Hall–Kier alpha value is -2.36. The Morgan fingerprint density at radius 1 is 1.14 bits per heavy atom. The van der Waals surface area contributed by atoms with Gasteiger partial charge in [-0.1, -0.05) is 30.3 Å². The number of halogens is 1. The number of benzene rings is 2. The number of carbonyl (C=O) groups is 1. The Morgan fingerprint density at radius 2 is 1.95 bits per heavy atom. The number of hydrogen-bond acceptors (Lipinski definition) is 2. The van der Waals surface area contributed by atoms with E-state index in [1.807, 2.05) is 30.3 Å². The van der Waals surface area contributed by atoms with Gasteiger partial charge in [-0.3, -0.25) is 4.79 Å². The van der Waals surface area contributed by atoms with Crippen LogP contribution in [0.3, 0.4) is 0 Å². The predicted octanol–water partition coefficient (Wildman–Crippen LogP) is 3.11. The van der Waals surface area contributed by atoms with Crippen molar-refractivity contribution in [2.75, 3.05) is 11.4 Å². The first-order valence-electron chi connectivity index (χ1n) is 7.57. The molecule has 0 aliphatic carbocycles. The maximum absolute atomic E-state index is 14.2. The van der Waals surface area contributed by atoms with Crippen molar-refractivity contribution in [3.63, 3.8) is 0 Å². The molecular weight excluding hydrogens is 281 g/mol. The van der Waals surface area contributed by atoms with Crippen LogP contribution in [0.25, 0.3) is 0 Å². The number of amides is 1. The first kappa shape index (κ1) is 13.3. The standard InChI is InChI=1S/C18H16FNO2/c19-14-8-3-6-12-7-4-10-20(17(12)14)18(21)16-11-13-5-1-2-9-15(13)22-16/h1-3,5-6,8-9,16H,4,7,10-11H2/t16-/m0/s1. The number of para-hydroxylation sites is 2. The quantitative estimate of drug-likeness (QED) is 0.809. The number of anilines is 1. The zero-order valence-electron chi connectivity index (χ0n) is 12.1. The minimum atomic E-state index is -0.553. The molecule has 0 unspecified atom stereocenters. The van der Waals surface area contributed by atoms with Gasteiger partial charge in [0.25, 0.3) is 5.91 Å². The van der Waals surface area contributed by atoms with E-state index in [0.717, 1.165) is 29.7 Å². The van der Waals surface area contributed by atoms with Crippen LogP contribution in [0.4, 0.5) is 10.1 Å². The fraction of sp³-hybridized carbons (Fsp3) is 0.278. The minimum absolute atomic E-state index is 0.151. The van der Waals surface area contributed by atoms with Crippen molar-refractivity contribution in [3.05, 3.63) is 59.4 Å². The molecule has 0 spiro atoms. The molecule has 2 aliphatic rings. The first-order valence-corrected chi connectivity index (χ1v) is 7.57. The summed E-state index contributed by atoms with van der Waals surface area (Å²) in [4.78, 5) is 14.4. The van der Waals surface area contributed by atoms with E-state index in [0.29, 0.717) is 18.7 Å². The van der Waals surface area contributed by atoms with Gasteiger partial charge in [-0.15, -0.1) is 0 Å². The highest BCUT2D eigenvalue weighted by atomic mass is 19.1. The number of hydrogen-bond donors (Lipinski definition) is 0. The minimum Gasteiger partial charge on any atom is -0.480 e. The van der Waals surface area contributed by atoms with Gasteiger partial charge < -0.3 is 9.64 Å². The summed E-state index contributed by atoms with van der Waals surface area (Å²) < 4.78 is 20.0. The highest BCUT2D eigenvalue weighted by Crippen LogP contribution is 2.34. The molecule has 0 saturated heterocycles. The average molecular weight is 297 g/mol. The van der Waals surface area contributed by atoms with Gasteiger partial charge >= 0.3 is 0 Å². The largest absolute Gasteiger partial charge is 0.480 e. The topological polar surface area (TPSA) is 29.5 Å². The highest BCUT2D eigenvalue weighted by molar-refractivity contribution is 5.98. The Morgan fingerprint density at radius 3 is 2.82 bits per heavy atom. The summed E-state index contributed by atoms with van der Waals surface area (Å²) in [6, 6.07) is 12.7. The monoisotopic (exact) mass is 297 g/mol. The second kappa shape index (κ2) is 5.13. The number of fused-ring (bicyclic) bond motifs is 2. The van der Waals surface area contributed by atoms with Crippen LogP contribution in [0, 0.1) is 5.82 Å². The van der Waals surface area contributed by atoms with Gasteiger partial charge in [-0.25, -0.2) is 4.39 Å². The van der Waals surface area contributed by atoms with Crippen molar-refractivity contribution in [3.8, 4) is 5.75 Å². The summed E-state index contributed by atoms with van der Waals surface area (Å²) in [5.41, 5.74) is 2.36. The summed E-state index contributed by atoms with van der Waals surface area (Å²) >= 11 is 0. The maximum atomic E-state index is 14.2. The molecule has 0 bridgehead atoms. The lowest BCUT2D eigenvalue weighted by Gasteiger charge is -2.31. The molecule has 2 aromatic carbocycles. The molecule has 4 rings (SSSR count). The van der Waals surface area contributed by atoms with Gasteiger partial charge in [-0.2, -0.15) is 0 Å². The summed E-state index contributed by atoms with van der Waals surface area (Å²) in [6.45, 7) is 0.545. The van der Waals surface area contributed by atoms with Crippen LogP contribution in [-0.2, 0) is 17.6 Å².